The maximum atomic E-state index is 12.9. The Balaban J connectivity index is 1.60. The van der Waals surface area contributed by atoms with Crippen molar-refractivity contribution in [3.8, 4) is 16.9 Å². The number of aromatic nitrogens is 2. The number of rotatable bonds is 6. The van der Waals surface area contributed by atoms with Crippen LogP contribution >= 0.6 is 0 Å². The number of hydrogen-bond donors (Lipinski definition) is 1. The van der Waals surface area contributed by atoms with Gasteiger partial charge in [-0.3, -0.25) is 9.79 Å². The van der Waals surface area contributed by atoms with Gasteiger partial charge in [0.05, 0.1) is 35.6 Å². The fraction of sp³-hybridized carbons (Fsp3) is 0.423. The molecule has 7 nitrogen and oxygen atoms in total. The van der Waals surface area contributed by atoms with Gasteiger partial charge in [-0.05, 0) is 75.7 Å². The largest absolute Gasteiger partial charge is 0.493 e. The number of fused-ring (bicyclic) bond motifs is 1. The maximum Gasteiger partial charge on any atom is 0.251 e. The van der Waals surface area contributed by atoms with Crippen molar-refractivity contribution >= 4 is 16.6 Å². The number of hydrogen-bond acceptors (Lipinski definition) is 6. The molecule has 172 valence electrons. The topological polar surface area (TPSA) is 81.7 Å². The average Bonchev–Trinajstić information content (AvgIpc) is 3.18. The summed E-state index contributed by atoms with van der Waals surface area (Å²) in [5.41, 5.74) is 4.46. The Morgan fingerprint density at radius 3 is 2.79 bits per heavy atom. The minimum absolute atomic E-state index is 0.0430. The van der Waals surface area contributed by atoms with E-state index >= 15 is 0 Å². The van der Waals surface area contributed by atoms with E-state index in [0.717, 1.165) is 83.8 Å². The highest BCUT2D eigenvalue weighted by atomic mass is 16.5. The highest BCUT2D eigenvalue weighted by Gasteiger charge is 2.21. The first-order valence-corrected chi connectivity index (χ1v) is 11.7. The number of piperidine rings is 1. The van der Waals surface area contributed by atoms with Gasteiger partial charge in [0, 0.05) is 24.2 Å². The lowest BCUT2D eigenvalue weighted by Crippen LogP contribution is -2.30. The van der Waals surface area contributed by atoms with Crippen molar-refractivity contribution in [3.05, 3.63) is 58.2 Å². The second-order valence-corrected chi connectivity index (χ2v) is 8.93. The molecule has 4 heterocycles. The van der Waals surface area contributed by atoms with Crippen LogP contribution in [0.15, 0.2) is 50.7 Å². The van der Waals surface area contributed by atoms with Gasteiger partial charge in [-0.2, -0.15) is 0 Å². The Morgan fingerprint density at radius 2 is 2.06 bits per heavy atom. The summed E-state index contributed by atoms with van der Waals surface area (Å²) in [6.07, 6.45) is 7.28. The van der Waals surface area contributed by atoms with Crippen LogP contribution in [0.4, 0.5) is 0 Å². The molecule has 0 aliphatic carbocycles. The molecular weight excluding hydrogens is 416 g/mol. The van der Waals surface area contributed by atoms with Crippen LogP contribution < -0.4 is 15.6 Å². The lowest BCUT2D eigenvalue weighted by atomic mass is 9.98. The van der Waals surface area contributed by atoms with Crippen molar-refractivity contribution in [2.75, 3.05) is 26.2 Å². The number of pyridine rings is 1. The molecule has 1 saturated heterocycles. The third kappa shape index (κ3) is 4.50. The smallest absolute Gasteiger partial charge is 0.251 e. The maximum absolute atomic E-state index is 12.9. The zero-order chi connectivity index (χ0) is 22.8. The molecule has 0 bridgehead atoms. The summed E-state index contributed by atoms with van der Waals surface area (Å²) in [4.78, 5) is 17.4. The SMILES string of the molecule is Cc1noc(C)c1-c1cc2ccc(=O)n(CC3=NCCC=C3)c2cc1OCC1CCNCC1. The second-order valence-electron chi connectivity index (χ2n) is 8.93. The van der Waals surface area contributed by atoms with Gasteiger partial charge in [-0.1, -0.05) is 11.2 Å². The van der Waals surface area contributed by atoms with Crippen LogP contribution in [0.1, 0.15) is 30.7 Å². The summed E-state index contributed by atoms with van der Waals surface area (Å²) in [6, 6.07) is 7.60. The van der Waals surface area contributed by atoms with Crippen LogP contribution in [0.25, 0.3) is 22.0 Å². The minimum Gasteiger partial charge on any atom is -0.493 e. The molecular formula is C26H30N4O3. The van der Waals surface area contributed by atoms with Crippen LogP contribution in [0.3, 0.4) is 0 Å². The zero-order valence-corrected chi connectivity index (χ0v) is 19.3. The molecule has 5 rings (SSSR count). The molecule has 0 saturated carbocycles. The Hall–Kier alpha value is -3.19. The van der Waals surface area contributed by atoms with Gasteiger partial charge in [-0.25, -0.2) is 0 Å². The molecule has 2 aliphatic rings. The van der Waals surface area contributed by atoms with Crippen molar-refractivity contribution in [2.24, 2.45) is 10.9 Å². The normalized spacial score (nSPS) is 16.8. The standard InChI is InChI=1S/C26H30N4O3/c1-17-26(18(2)33-29-17)22-13-20-6-7-25(31)30(15-21-5-3-4-10-28-21)23(20)14-24(22)32-16-19-8-11-27-12-9-19/h3,5-7,13-14,19,27H,4,8-12,15-16H2,1-2H3. The molecule has 0 unspecified atom stereocenters. The Bertz CT molecular complexity index is 1260. The van der Waals surface area contributed by atoms with Gasteiger partial charge in [0.15, 0.2) is 0 Å². The Kier molecular flexibility index (Phi) is 6.13. The van der Waals surface area contributed by atoms with Crippen LogP contribution in [0, 0.1) is 19.8 Å². The van der Waals surface area contributed by atoms with Crippen LogP contribution in [0.2, 0.25) is 0 Å². The molecule has 2 aromatic heterocycles. The fourth-order valence-corrected chi connectivity index (χ4v) is 4.74. The lowest BCUT2D eigenvalue weighted by Gasteiger charge is -2.24. The van der Waals surface area contributed by atoms with E-state index in [4.69, 9.17) is 9.26 Å². The number of nitrogens with one attached hydrogen (secondary N) is 1. The summed E-state index contributed by atoms with van der Waals surface area (Å²) in [6.45, 7) is 7.79. The van der Waals surface area contributed by atoms with E-state index in [-0.39, 0.29) is 5.56 Å². The predicted molar refractivity (Wildman–Crippen MR) is 130 cm³/mol. The van der Waals surface area contributed by atoms with Crippen molar-refractivity contribution < 1.29 is 9.26 Å². The summed E-state index contributed by atoms with van der Waals surface area (Å²) in [5, 5.41) is 8.53. The van der Waals surface area contributed by atoms with Crippen LogP contribution in [-0.4, -0.2) is 41.7 Å². The third-order valence-corrected chi connectivity index (χ3v) is 6.57. The van der Waals surface area contributed by atoms with Crippen molar-refractivity contribution in [1.29, 1.82) is 0 Å². The summed E-state index contributed by atoms with van der Waals surface area (Å²) in [7, 11) is 0. The van der Waals surface area contributed by atoms with Gasteiger partial charge in [0.1, 0.15) is 11.5 Å². The number of aryl methyl sites for hydroxylation is 2. The number of aliphatic imine (C=N–C) groups is 1. The number of nitrogens with zero attached hydrogens (tertiary/aromatic N) is 3. The van der Waals surface area contributed by atoms with E-state index in [1.54, 1.807) is 10.6 Å². The first-order chi connectivity index (χ1) is 16.1. The highest BCUT2D eigenvalue weighted by Crippen LogP contribution is 2.38. The molecule has 33 heavy (non-hydrogen) atoms. The first kappa shape index (κ1) is 21.6. The Morgan fingerprint density at radius 1 is 1.21 bits per heavy atom. The third-order valence-electron chi connectivity index (χ3n) is 6.57. The van der Waals surface area contributed by atoms with E-state index in [1.807, 2.05) is 32.1 Å². The number of benzene rings is 1. The summed E-state index contributed by atoms with van der Waals surface area (Å²) >= 11 is 0. The zero-order valence-electron chi connectivity index (χ0n) is 19.3. The molecule has 1 aromatic carbocycles. The summed E-state index contributed by atoms with van der Waals surface area (Å²) in [5.74, 6) is 2.03. The van der Waals surface area contributed by atoms with Crippen molar-refractivity contribution in [2.45, 2.75) is 39.7 Å². The van der Waals surface area contributed by atoms with Gasteiger partial charge < -0.3 is 19.1 Å². The quantitative estimate of drug-likeness (QED) is 0.618. The van der Waals surface area contributed by atoms with Crippen LogP contribution in [-0.2, 0) is 6.54 Å². The van der Waals surface area contributed by atoms with Gasteiger partial charge >= 0.3 is 0 Å². The Labute approximate surface area is 193 Å². The van der Waals surface area contributed by atoms with Gasteiger partial charge in [0.25, 0.3) is 5.56 Å². The first-order valence-electron chi connectivity index (χ1n) is 11.7. The molecule has 7 heteroatoms. The van der Waals surface area contributed by atoms with Gasteiger partial charge in [0.2, 0.25) is 0 Å². The highest BCUT2D eigenvalue weighted by molar-refractivity contribution is 5.97. The van der Waals surface area contributed by atoms with E-state index in [9.17, 15) is 4.79 Å². The average molecular weight is 447 g/mol. The van der Waals surface area contributed by atoms with Crippen molar-refractivity contribution in [1.82, 2.24) is 15.0 Å². The van der Waals surface area contributed by atoms with E-state index in [1.165, 1.54) is 0 Å². The lowest BCUT2D eigenvalue weighted by molar-refractivity contribution is 0.216. The molecule has 1 N–H and O–H groups in total. The number of ether oxygens (including phenoxy) is 1. The fourth-order valence-electron chi connectivity index (χ4n) is 4.74. The number of allylic oxidation sites excluding steroid dienone is 1. The minimum atomic E-state index is -0.0430. The van der Waals surface area contributed by atoms with E-state index < -0.39 is 0 Å². The molecule has 0 radical (unpaired) electrons. The van der Waals surface area contributed by atoms with Crippen molar-refractivity contribution in [3.63, 3.8) is 0 Å². The molecule has 0 atom stereocenters. The monoisotopic (exact) mass is 446 g/mol. The van der Waals surface area contributed by atoms with E-state index in [0.29, 0.717) is 19.1 Å². The second kappa shape index (κ2) is 9.35. The van der Waals surface area contributed by atoms with E-state index in [2.05, 4.69) is 27.6 Å². The molecule has 1 fully saturated rings. The summed E-state index contributed by atoms with van der Waals surface area (Å²) < 4.78 is 13.7. The van der Waals surface area contributed by atoms with Crippen LogP contribution in [0.5, 0.6) is 5.75 Å². The molecule has 0 spiro atoms. The van der Waals surface area contributed by atoms with Gasteiger partial charge in [-0.15, -0.1) is 0 Å². The molecule has 3 aromatic rings. The number of dihydropyridines is 1. The molecule has 0 amide bonds. The molecule has 2 aliphatic heterocycles. The predicted octanol–water partition coefficient (Wildman–Crippen LogP) is 4.05.